The van der Waals surface area contributed by atoms with Gasteiger partial charge in [0.05, 0.1) is 11.6 Å². The van der Waals surface area contributed by atoms with Gasteiger partial charge in [0.2, 0.25) is 0 Å². The van der Waals surface area contributed by atoms with E-state index in [2.05, 4.69) is 11.9 Å². The third kappa shape index (κ3) is 2.73. The molecule has 0 bridgehead atoms. The topological polar surface area (TPSA) is 52.6 Å². The molecule has 27 heavy (non-hydrogen) atoms. The van der Waals surface area contributed by atoms with Gasteiger partial charge in [0.1, 0.15) is 11.6 Å². The van der Waals surface area contributed by atoms with E-state index in [0.717, 1.165) is 37.2 Å². The first kappa shape index (κ1) is 17.7. The summed E-state index contributed by atoms with van der Waals surface area (Å²) in [6.07, 6.45) is 4.13. The smallest absolute Gasteiger partial charge is 0.261 e. The Bertz CT molecular complexity index is 890. The minimum absolute atomic E-state index is 0.0663. The summed E-state index contributed by atoms with van der Waals surface area (Å²) in [6, 6.07) is 11.1. The van der Waals surface area contributed by atoms with Crippen molar-refractivity contribution in [3.63, 3.8) is 0 Å². The predicted octanol–water partition coefficient (Wildman–Crippen LogP) is 3.76. The Hall–Kier alpha value is -2.66. The van der Waals surface area contributed by atoms with Crippen LogP contribution in [0.3, 0.4) is 0 Å². The maximum absolute atomic E-state index is 14.4. The van der Waals surface area contributed by atoms with E-state index in [1.165, 1.54) is 12.1 Å². The Kier molecular flexibility index (Phi) is 4.48. The number of piperidine rings is 1. The molecule has 2 aromatic rings. The van der Waals surface area contributed by atoms with Crippen LogP contribution >= 0.6 is 0 Å². The molecule has 4 rings (SSSR count). The molecule has 1 amide bonds. The summed E-state index contributed by atoms with van der Waals surface area (Å²) in [5, 5.41) is 13.5. The summed E-state index contributed by atoms with van der Waals surface area (Å²) >= 11 is 0. The molecular formula is C22H23FN2O2. The van der Waals surface area contributed by atoms with Crippen LogP contribution in [0.4, 0.5) is 10.1 Å². The van der Waals surface area contributed by atoms with Crippen LogP contribution in [0.25, 0.3) is 0 Å². The normalized spacial score (nSPS) is 20.5. The average Bonchev–Trinajstić information content (AvgIpc) is 2.92. The molecule has 1 saturated heterocycles. The van der Waals surface area contributed by atoms with Crippen LogP contribution in [0.15, 0.2) is 55.1 Å². The van der Waals surface area contributed by atoms with E-state index < -0.39 is 5.82 Å². The summed E-state index contributed by atoms with van der Waals surface area (Å²) in [5.74, 6) is -0.682. The van der Waals surface area contributed by atoms with Crippen molar-refractivity contribution in [1.82, 2.24) is 5.32 Å². The zero-order valence-corrected chi connectivity index (χ0v) is 15.1. The van der Waals surface area contributed by atoms with Crippen molar-refractivity contribution in [2.45, 2.75) is 30.7 Å². The van der Waals surface area contributed by atoms with Crippen LogP contribution in [0.5, 0.6) is 5.75 Å². The van der Waals surface area contributed by atoms with E-state index in [1.54, 1.807) is 35.2 Å². The van der Waals surface area contributed by atoms with Crippen LogP contribution in [0, 0.1) is 5.82 Å². The number of nitrogens with one attached hydrogen (secondary N) is 1. The average molecular weight is 366 g/mol. The zero-order chi connectivity index (χ0) is 19.0. The number of hydrogen-bond donors (Lipinski definition) is 2. The first-order chi connectivity index (χ1) is 13.1. The number of carbonyl (C=O) groups is 1. The lowest BCUT2D eigenvalue weighted by Gasteiger charge is -2.41. The fourth-order valence-corrected chi connectivity index (χ4v) is 4.71. The molecule has 1 fully saturated rings. The standard InChI is InChI=1S/C22H23FN2O2/c1-2-5-20-22(10-12-24-13-11-22)17-14-15(26)8-9-19(17)25(20)21(27)16-6-3-4-7-18(16)23/h2-4,6-9,14,20,24,26H,1,5,10-13H2. The van der Waals surface area contributed by atoms with Crippen LogP contribution in [-0.4, -0.2) is 30.1 Å². The number of hydrogen-bond acceptors (Lipinski definition) is 3. The molecule has 140 valence electrons. The van der Waals surface area contributed by atoms with E-state index >= 15 is 0 Å². The highest BCUT2D eigenvalue weighted by atomic mass is 19.1. The van der Waals surface area contributed by atoms with Crippen LogP contribution in [0.1, 0.15) is 35.2 Å². The van der Waals surface area contributed by atoms with Crippen molar-refractivity contribution < 1.29 is 14.3 Å². The highest BCUT2D eigenvalue weighted by Crippen LogP contribution is 2.52. The van der Waals surface area contributed by atoms with Gasteiger partial charge in [-0.25, -0.2) is 4.39 Å². The van der Waals surface area contributed by atoms with E-state index in [-0.39, 0.29) is 28.7 Å². The van der Waals surface area contributed by atoms with Gasteiger partial charge < -0.3 is 15.3 Å². The molecule has 0 aromatic heterocycles. The van der Waals surface area contributed by atoms with E-state index in [0.29, 0.717) is 6.42 Å². The van der Waals surface area contributed by atoms with E-state index in [9.17, 15) is 14.3 Å². The Labute approximate surface area is 158 Å². The Balaban J connectivity index is 1.89. The Morgan fingerprint density at radius 3 is 2.74 bits per heavy atom. The monoisotopic (exact) mass is 366 g/mol. The van der Waals surface area contributed by atoms with Crippen molar-refractivity contribution in [2.75, 3.05) is 18.0 Å². The predicted molar refractivity (Wildman–Crippen MR) is 104 cm³/mol. The Morgan fingerprint density at radius 1 is 1.30 bits per heavy atom. The highest BCUT2D eigenvalue weighted by Gasteiger charge is 2.52. The molecule has 5 heteroatoms. The van der Waals surface area contributed by atoms with Crippen molar-refractivity contribution in [1.29, 1.82) is 0 Å². The molecule has 1 unspecified atom stereocenters. The highest BCUT2D eigenvalue weighted by molar-refractivity contribution is 6.08. The minimum Gasteiger partial charge on any atom is -0.508 e. The van der Waals surface area contributed by atoms with E-state index in [4.69, 9.17) is 0 Å². The molecule has 2 N–H and O–H groups in total. The number of carbonyl (C=O) groups excluding carboxylic acids is 1. The molecule has 0 aliphatic carbocycles. The summed E-state index contributed by atoms with van der Waals surface area (Å²) in [7, 11) is 0. The second kappa shape index (κ2) is 6.82. The molecule has 2 heterocycles. The Morgan fingerprint density at radius 2 is 2.04 bits per heavy atom. The van der Waals surface area contributed by atoms with Gasteiger partial charge in [-0.3, -0.25) is 4.79 Å². The first-order valence-electron chi connectivity index (χ1n) is 9.32. The summed E-state index contributed by atoms with van der Waals surface area (Å²) in [6.45, 7) is 5.57. The molecule has 2 aliphatic heterocycles. The number of benzene rings is 2. The van der Waals surface area contributed by atoms with E-state index in [1.807, 2.05) is 6.08 Å². The van der Waals surface area contributed by atoms with Crippen LogP contribution < -0.4 is 10.2 Å². The van der Waals surface area contributed by atoms with Gasteiger partial charge >= 0.3 is 0 Å². The lowest BCUT2D eigenvalue weighted by atomic mass is 9.69. The third-order valence-corrected chi connectivity index (χ3v) is 5.93. The largest absolute Gasteiger partial charge is 0.508 e. The van der Waals surface area contributed by atoms with Gasteiger partial charge in [-0.15, -0.1) is 6.58 Å². The number of rotatable bonds is 3. The third-order valence-electron chi connectivity index (χ3n) is 5.93. The number of anilines is 1. The number of phenolic OH excluding ortho intramolecular Hbond substituents is 1. The van der Waals surface area contributed by atoms with Gasteiger partial charge in [-0.05, 0) is 68.2 Å². The zero-order valence-electron chi connectivity index (χ0n) is 15.1. The maximum Gasteiger partial charge on any atom is 0.261 e. The lowest BCUT2D eigenvalue weighted by Crippen LogP contribution is -2.52. The fraction of sp³-hybridized carbons (Fsp3) is 0.318. The number of nitrogens with zero attached hydrogens (tertiary/aromatic N) is 1. The molecule has 2 aromatic carbocycles. The summed E-state index contributed by atoms with van der Waals surface area (Å²) in [4.78, 5) is 15.1. The summed E-state index contributed by atoms with van der Waals surface area (Å²) in [5.41, 5.74) is 1.53. The number of aromatic hydroxyl groups is 1. The summed E-state index contributed by atoms with van der Waals surface area (Å²) < 4.78 is 14.4. The van der Waals surface area contributed by atoms with Gasteiger partial charge in [0, 0.05) is 11.1 Å². The maximum atomic E-state index is 14.4. The molecule has 0 saturated carbocycles. The fourth-order valence-electron chi connectivity index (χ4n) is 4.71. The quantitative estimate of drug-likeness (QED) is 0.814. The molecule has 4 nitrogen and oxygen atoms in total. The molecule has 2 aliphatic rings. The van der Waals surface area contributed by atoms with Crippen molar-refractivity contribution >= 4 is 11.6 Å². The van der Waals surface area contributed by atoms with Crippen molar-refractivity contribution in [3.05, 3.63) is 72.1 Å². The number of phenols is 1. The van der Waals surface area contributed by atoms with Gasteiger partial charge in [-0.2, -0.15) is 0 Å². The van der Waals surface area contributed by atoms with Crippen molar-refractivity contribution in [3.8, 4) is 5.75 Å². The second-order valence-electron chi connectivity index (χ2n) is 7.30. The molecular weight excluding hydrogens is 343 g/mol. The van der Waals surface area contributed by atoms with Gasteiger partial charge in [0.15, 0.2) is 0 Å². The number of fused-ring (bicyclic) bond motifs is 2. The molecule has 1 atom stereocenters. The number of halogens is 1. The van der Waals surface area contributed by atoms with Crippen molar-refractivity contribution in [2.24, 2.45) is 0 Å². The van der Waals surface area contributed by atoms with Gasteiger partial charge in [0.25, 0.3) is 5.91 Å². The molecule has 1 spiro atoms. The second-order valence-corrected chi connectivity index (χ2v) is 7.30. The number of amides is 1. The van der Waals surface area contributed by atoms with Gasteiger partial charge in [-0.1, -0.05) is 18.2 Å². The van der Waals surface area contributed by atoms with Crippen LogP contribution in [-0.2, 0) is 5.41 Å². The molecule has 0 radical (unpaired) electrons. The minimum atomic E-state index is -0.522. The lowest BCUT2D eigenvalue weighted by molar-refractivity contribution is 0.0960. The SMILES string of the molecule is C=CCC1N(C(=O)c2ccccc2F)c2ccc(O)cc2C12CCNCC2. The van der Waals surface area contributed by atoms with Crippen LogP contribution in [0.2, 0.25) is 0 Å². The first-order valence-corrected chi connectivity index (χ1v) is 9.32.